The quantitative estimate of drug-likeness (QED) is 0.489. The highest BCUT2D eigenvalue weighted by Crippen LogP contribution is 2.12. The van der Waals surface area contributed by atoms with E-state index in [9.17, 15) is 13.6 Å². The van der Waals surface area contributed by atoms with Gasteiger partial charge in [0, 0.05) is 0 Å². The Bertz CT molecular complexity index is 220. The maximum atomic E-state index is 12.5. The predicted octanol–water partition coefficient (Wildman–Crippen LogP) is 1.58. The standard InChI is InChI=1S/C7H7F2NO/c1-3-6(9)7(5(2)8)10-4-11/h3-4H,1-2H2,(H,10,11)/b7-6-. The molecule has 0 radical (unpaired) electrons. The van der Waals surface area contributed by atoms with E-state index in [0.717, 1.165) is 6.08 Å². The molecule has 60 valence electrons. The summed E-state index contributed by atoms with van der Waals surface area (Å²) in [4.78, 5) is 9.79. The smallest absolute Gasteiger partial charge is 0.211 e. The molecule has 0 aromatic rings. The molecule has 0 spiro atoms. The first-order chi connectivity index (χ1) is 5.13. The second-order valence-corrected chi connectivity index (χ2v) is 1.59. The van der Waals surface area contributed by atoms with E-state index in [0.29, 0.717) is 0 Å². The van der Waals surface area contributed by atoms with Crippen LogP contribution in [0.5, 0.6) is 0 Å². The molecule has 1 amide bonds. The third-order valence-corrected chi connectivity index (χ3v) is 0.893. The van der Waals surface area contributed by atoms with Crippen LogP contribution in [0.4, 0.5) is 8.78 Å². The molecule has 0 unspecified atom stereocenters. The van der Waals surface area contributed by atoms with Crippen molar-refractivity contribution in [3.63, 3.8) is 0 Å². The molecule has 1 N–H and O–H groups in total. The van der Waals surface area contributed by atoms with E-state index in [1.54, 1.807) is 0 Å². The van der Waals surface area contributed by atoms with Crippen LogP contribution in [0, 0.1) is 0 Å². The highest BCUT2D eigenvalue weighted by molar-refractivity contribution is 5.53. The van der Waals surface area contributed by atoms with Crippen molar-refractivity contribution in [3.8, 4) is 0 Å². The summed E-state index contributed by atoms with van der Waals surface area (Å²) < 4.78 is 24.7. The highest BCUT2D eigenvalue weighted by Gasteiger charge is 2.05. The van der Waals surface area contributed by atoms with Crippen LogP contribution in [0.2, 0.25) is 0 Å². The summed E-state index contributed by atoms with van der Waals surface area (Å²) >= 11 is 0. The lowest BCUT2D eigenvalue weighted by molar-refractivity contribution is -0.109. The third kappa shape index (κ3) is 2.75. The molecule has 0 aliphatic heterocycles. The number of hydrogen-bond donors (Lipinski definition) is 1. The predicted molar refractivity (Wildman–Crippen MR) is 37.8 cm³/mol. The van der Waals surface area contributed by atoms with Gasteiger partial charge in [0.15, 0.2) is 0 Å². The van der Waals surface area contributed by atoms with Crippen molar-refractivity contribution in [2.75, 3.05) is 0 Å². The largest absolute Gasteiger partial charge is 0.324 e. The minimum atomic E-state index is -1.05. The molecule has 0 aliphatic carbocycles. The Morgan fingerprint density at radius 1 is 1.45 bits per heavy atom. The summed E-state index contributed by atoms with van der Waals surface area (Å²) in [5.41, 5.74) is -0.588. The minimum absolute atomic E-state index is 0.156. The van der Waals surface area contributed by atoms with Crippen molar-refractivity contribution in [3.05, 3.63) is 36.6 Å². The molecule has 0 rings (SSSR count). The molecular formula is C7H7F2NO. The fourth-order valence-corrected chi connectivity index (χ4v) is 0.438. The first kappa shape index (κ1) is 9.55. The summed E-state index contributed by atoms with van der Waals surface area (Å²) in [5.74, 6) is -2.00. The topological polar surface area (TPSA) is 29.1 Å². The van der Waals surface area contributed by atoms with Crippen LogP contribution in [-0.2, 0) is 4.79 Å². The SMILES string of the molecule is C=C/C(F)=C(/NC=O)C(=C)F. The molecule has 0 saturated heterocycles. The lowest BCUT2D eigenvalue weighted by atomic mass is 10.3. The highest BCUT2D eigenvalue weighted by atomic mass is 19.1. The van der Waals surface area contributed by atoms with Crippen LogP contribution in [0.3, 0.4) is 0 Å². The van der Waals surface area contributed by atoms with Crippen LogP contribution in [0.15, 0.2) is 36.6 Å². The van der Waals surface area contributed by atoms with Crippen molar-refractivity contribution in [2.24, 2.45) is 0 Å². The summed E-state index contributed by atoms with van der Waals surface area (Å²) in [6.45, 7) is 5.86. The zero-order valence-electron chi connectivity index (χ0n) is 5.73. The molecule has 0 aliphatic rings. The van der Waals surface area contributed by atoms with Gasteiger partial charge in [-0.3, -0.25) is 4.79 Å². The summed E-state index contributed by atoms with van der Waals surface area (Å²) in [6.07, 6.45) is 0.930. The second kappa shape index (κ2) is 4.38. The minimum Gasteiger partial charge on any atom is -0.324 e. The van der Waals surface area contributed by atoms with E-state index >= 15 is 0 Å². The van der Waals surface area contributed by atoms with E-state index < -0.39 is 17.4 Å². The summed E-state index contributed by atoms with van der Waals surface area (Å²) in [6, 6.07) is 0. The van der Waals surface area contributed by atoms with Gasteiger partial charge in [-0.25, -0.2) is 8.78 Å². The lowest BCUT2D eigenvalue weighted by Gasteiger charge is -2.00. The number of hydrogen-bond acceptors (Lipinski definition) is 1. The van der Waals surface area contributed by atoms with Gasteiger partial charge in [-0.05, 0) is 6.08 Å². The van der Waals surface area contributed by atoms with Crippen LogP contribution in [0.1, 0.15) is 0 Å². The fraction of sp³-hybridized carbons (Fsp3) is 0. The van der Waals surface area contributed by atoms with Gasteiger partial charge in [0.25, 0.3) is 0 Å². The first-order valence-corrected chi connectivity index (χ1v) is 2.70. The lowest BCUT2D eigenvalue weighted by Crippen LogP contribution is -2.11. The molecule has 0 atom stereocenters. The Balaban J connectivity index is 4.70. The second-order valence-electron chi connectivity index (χ2n) is 1.59. The monoisotopic (exact) mass is 159 g/mol. The van der Waals surface area contributed by atoms with Crippen molar-refractivity contribution in [2.45, 2.75) is 0 Å². The van der Waals surface area contributed by atoms with Gasteiger partial charge in [-0.2, -0.15) is 0 Å². The molecule has 0 heterocycles. The molecular weight excluding hydrogens is 152 g/mol. The number of halogens is 2. The van der Waals surface area contributed by atoms with E-state index in [-0.39, 0.29) is 6.41 Å². The molecule has 4 heteroatoms. The number of carbonyl (C=O) groups is 1. The molecule has 0 saturated carbocycles. The molecule has 11 heavy (non-hydrogen) atoms. The average molecular weight is 159 g/mol. The zero-order chi connectivity index (χ0) is 8.85. The zero-order valence-corrected chi connectivity index (χ0v) is 5.73. The van der Waals surface area contributed by atoms with E-state index in [1.807, 2.05) is 5.32 Å². The van der Waals surface area contributed by atoms with Crippen LogP contribution in [-0.4, -0.2) is 6.41 Å². The Morgan fingerprint density at radius 2 is 2.00 bits per heavy atom. The van der Waals surface area contributed by atoms with Crippen molar-refractivity contribution in [1.29, 1.82) is 0 Å². The van der Waals surface area contributed by atoms with Crippen molar-refractivity contribution in [1.82, 2.24) is 5.32 Å². The van der Waals surface area contributed by atoms with Crippen molar-refractivity contribution >= 4 is 6.41 Å². The Kier molecular flexibility index (Phi) is 3.80. The number of carbonyl (C=O) groups excluding carboxylic acids is 1. The van der Waals surface area contributed by atoms with Gasteiger partial charge in [0.2, 0.25) is 6.41 Å². The van der Waals surface area contributed by atoms with Crippen LogP contribution < -0.4 is 5.32 Å². The normalized spacial score (nSPS) is 11.5. The van der Waals surface area contributed by atoms with Gasteiger partial charge in [-0.1, -0.05) is 13.2 Å². The molecule has 0 fully saturated rings. The number of nitrogens with one attached hydrogen (secondary N) is 1. The molecule has 0 aromatic carbocycles. The van der Waals surface area contributed by atoms with E-state index in [1.165, 1.54) is 0 Å². The Hall–Kier alpha value is -1.45. The number of amides is 1. The van der Waals surface area contributed by atoms with Crippen LogP contribution in [0.25, 0.3) is 0 Å². The Labute approximate surface area is 62.9 Å². The van der Waals surface area contributed by atoms with Gasteiger partial charge < -0.3 is 5.32 Å². The first-order valence-electron chi connectivity index (χ1n) is 2.70. The van der Waals surface area contributed by atoms with Gasteiger partial charge >= 0.3 is 0 Å². The van der Waals surface area contributed by atoms with E-state index in [2.05, 4.69) is 13.2 Å². The summed E-state index contributed by atoms with van der Waals surface area (Å²) in [5, 5.41) is 1.81. The van der Waals surface area contributed by atoms with Gasteiger partial charge in [0.05, 0.1) is 0 Å². The molecule has 2 nitrogen and oxygen atoms in total. The third-order valence-electron chi connectivity index (χ3n) is 0.893. The van der Waals surface area contributed by atoms with Gasteiger partial charge in [-0.15, -0.1) is 0 Å². The fourth-order valence-electron chi connectivity index (χ4n) is 0.438. The summed E-state index contributed by atoms with van der Waals surface area (Å²) in [7, 11) is 0. The average Bonchev–Trinajstić information content (AvgIpc) is 1.98. The number of rotatable bonds is 4. The maximum Gasteiger partial charge on any atom is 0.211 e. The maximum absolute atomic E-state index is 12.5. The van der Waals surface area contributed by atoms with E-state index in [4.69, 9.17) is 0 Å². The van der Waals surface area contributed by atoms with Crippen molar-refractivity contribution < 1.29 is 13.6 Å². The Morgan fingerprint density at radius 3 is 2.27 bits per heavy atom. The molecule has 0 aromatic heterocycles. The van der Waals surface area contributed by atoms with Crippen LogP contribution >= 0.6 is 0 Å². The van der Waals surface area contributed by atoms with Gasteiger partial charge in [0.1, 0.15) is 17.4 Å². The molecule has 0 bridgehead atoms. The number of allylic oxidation sites excluding steroid dienone is 3.